The van der Waals surface area contributed by atoms with Crippen LogP contribution in [0, 0.1) is 0 Å². The monoisotopic (exact) mass is 460 g/mol. The molecule has 0 amide bonds. The first-order valence-electron chi connectivity index (χ1n) is 10.2. The number of pyridine rings is 1. The molecular formula is C24H26Cl2N2O3. The first-order chi connectivity index (χ1) is 15.2. The average Bonchev–Trinajstić information content (AvgIpc) is 2.78. The van der Waals surface area contributed by atoms with Crippen molar-refractivity contribution in [2.24, 2.45) is 0 Å². The van der Waals surface area contributed by atoms with Gasteiger partial charge in [-0.3, -0.25) is 0 Å². The van der Waals surface area contributed by atoms with Crippen molar-refractivity contribution in [3.05, 3.63) is 82.0 Å². The van der Waals surface area contributed by atoms with E-state index in [1.165, 1.54) is 0 Å². The number of hydrogen-bond donors (Lipinski definition) is 1. The van der Waals surface area contributed by atoms with Crippen molar-refractivity contribution in [1.82, 2.24) is 10.3 Å². The molecule has 0 aliphatic heterocycles. The van der Waals surface area contributed by atoms with Crippen LogP contribution in [0.3, 0.4) is 0 Å². The zero-order valence-electron chi connectivity index (χ0n) is 17.4. The van der Waals surface area contributed by atoms with Gasteiger partial charge in [-0.25, -0.2) is 4.98 Å². The van der Waals surface area contributed by atoms with Gasteiger partial charge in [-0.05, 0) is 43.7 Å². The van der Waals surface area contributed by atoms with Gasteiger partial charge in [-0.2, -0.15) is 0 Å². The van der Waals surface area contributed by atoms with Gasteiger partial charge in [-0.1, -0.05) is 47.5 Å². The highest BCUT2D eigenvalue weighted by Crippen LogP contribution is 2.34. The Hall–Kier alpha value is -2.47. The maximum Gasteiger partial charge on any atom is 0.213 e. The van der Waals surface area contributed by atoms with E-state index in [0.29, 0.717) is 53.8 Å². The molecule has 0 fully saturated rings. The molecule has 2 aromatic carbocycles. The molecular weight excluding hydrogens is 435 g/mol. The molecule has 0 unspecified atom stereocenters. The minimum atomic E-state index is 0.337. The molecule has 0 bridgehead atoms. The Morgan fingerprint density at radius 1 is 0.871 bits per heavy atom. The Morgan fingerprint density at radius 3 is 2.45 bits per heavy atom. The lowest BCUT2D eigenvalue weighted by Crippen LogP contribution is -2.17. The zero-order chi connectivity index (χ0) is 21.9. The third-order valence-corrected chi connectivity index (χ3v) is 5.18. The van der Waals surface area contributed by atoms with Crippen LogP contribution in [-0.4, -0.2) is 24.7 Å². The Labute approximate surface area is 193 Å². The lowest BCUT2D eigenvalue weighted by atomic mass is 10.2. The van der Waals surface area contributed by atoms with Crippen molar-refractivity contribution in [3.8, 4) is 17.4 Å². The quantitative estimate of drug-likeness (QED) is 0.339. The van der Waals surface area contributed by atoms with Crippen molar-refractivity contribution < 1.29 is 14.2 Å². The minimum absolute atomic E-state index is 0.337. The van der Waals surface area contributed by atoms with Crippen LogP contribution in [0.1, 0.15) is 24.5 Å². The van der Waals surface area contributed by atoms with Gasteiger partial charge in [0.15, 0.2) is 11.5 Å². The lowest BCUT2D eigenvalue weighted by Gasteiger charge is -2.16. The number of aromatic nitrogens is 1. The van der Waals surface area contributed by atoms with Gasteiger partial charge in [0.2, 0.25) is 5.88 Å². The molecule has 0 aliphatic rings. The smallest absolute Gasteiger partial charge is 0.213 e. The molecule has 3 aromatic rings. The van der Waals surface area contributed by atoms with E-state index in [2.05, 4.69) is 10.3 Å². The van der Waals surface area contributed by atoms with Crippen LogP contribution in [0.4, 0.5) is 0 Å². The summed E-state index contributed by atoms with van der Waals surface area (Å²) in [6, 6.07) is 16.9. The highest BCUT2D eigenvalue weighted by Gasteiger charge is 2.12. The maximum atomic E-state index is 6.50. The first-order valence-corrected chi connectivity index (χ1v) is 11.0. The summed E-state index contributed by atoms with van der Waals surface area (Å²) >= 11 is 12.7. The van der Waals surface area contributed by atoms with Crippen LogP contribution in [-0.2, 0) is 13.2 Å². The Balaban J connectivity index is 1.52. The van der Waals surface area contributed by atoms with E-state index in [4.69, 9.17) is 37.4 Å². The zero-order valence-corrected chi connectivity index (χ0v) is 19.0. The fourth-order valence-electron chi connectivity index (χ4n) is 2.89. The van der Waals surface area contributed by atoms with Crippen LogP contribution >= 0.6 is 23.2 Å². The van der Waals surface area contributed by atoms with Crippen molar-refractivity contribution in [1.29, 1.82) is 0 Å². The summed E-state index contributed by atoms with van der Waals surface area (Å²) in [5.41, 5.74) is 1.85. The topological polar surface area (TPSA) is 52.6 Å². The van der Waals surface area contributed by atoms with Gasteiger partial charge in [0.1, 0.15) is 6.61 Å². The molecule has 1 aromatic heterocycles. The molecule has 1 heterocycles. The average molecular weight is 461 g/mol. The summed E-state index contributed by atoms with van der Waals surface area (Å²) in [5, 5.41) is 4.67. The predicted octanol–water partition coefficient (Wildman–Crippen LogP) is 5.92. The maximum absolute atomic E-state index is 6.50. The predicted molar refractivity (Wildman–Crippen MR) is 124 cm³/mol. The normalized spacial score (nSPS) is 10.7. The second kappa shape index (κ2) is 12.4. The number of ether oxygens (including phenoxy) is 3. The summed E-state index contributed by atoms with van der Waals surface area (Å²) < 4.78 is 17.3. The molecule has 31 heavy (non-hydrogen) atoms. The fourth-order valence-corrected chi connectivity index (χ4v) is 3.30. The molecule has 0 atom stereocenters. The Bertz CT molecular complexity index is 955. The van der Waals surface area contributed by atoms with E-state index in [1.807, 2.05) is 55.5 Å². The fraction of sp³-hybridized carbons (Fsp3) is 0.292. The lowest BCUT2D eigenvalue weighted by molar-refractivity contribution is 0.269. The number of hydrogen-bond acceptors (Lipinski definition) is 5. The second-order valence-electron chi connectivity index (χ2n) is 6.75. The largest absolute Gasteiger partial charge is 0.490 e. The van der Waals surface area contributed by atoms with E-state index in [0.717, 1.165) is 24.1 Å². The van der Waals surface area contributed by atoms with Crippen molar-refractivity contribution >= 4 is 23.2 Å². The highest BCUT2D eigenvalue weighted by molar-refractivity contribution is 6.31. The van der Waals surface area contributed by atoms with Gasteiger partial charge >= 0.3 is 0 Å². The van der Waals surface area contributed by atoms with Crippen LogP contribution in [0.15, 0.2) is 60.8 Å². The van der Waals surface area contributed by atoms with Crippen LogP contribution in [0.2, 0.25) is 10.0 Å². The van der Waals surface area contributed by atoms with Gasteiger partial charge in [0.05, 0.1) is 13.2 Å². The summed E-state index contributed by atoms with van der Waals surface area (Å²) in [6.07, 6.45) is 2.57. The van der Waals surface area contributed by atoms with Crippen LogP contribution in [0.5, 0.6) is 17.4 Å². The second-order valence-corrected chi connectivity index (χ2v) is 7.56. The van der Waals surface area contributed by atoms with Gasteiger partial charge < -0.3 is 19.5 Å². The van der Waals surface area contributed by atoms with Crippen molar-refractivity contribution in [3.63, 3.8) is 0 Å². The van der Waals surface area contributed by atoms with E-state index in [1.54, 1.807) is 12.3 Å². The number of benzene rings is 2. The molecule has 0 spiro atoms. The summed E-state index contributed by atoms with van der Waals surface area (Å²) in [6.45, 7) is 4.81. The molecule has 164 valence electrons. The Kier molecular flexibility index (Phi) is 9.28. The van der Waals surface area contributed by atoms with Crippen LogP contribution < -0.4 is 19.5 Å². The summed E-state index contributed by atoms with van der Waals surface area (Å²) in [7, 11) is 0. The van der Waals surface area contributed by atoms with E-state index < -0.39 is 0 Å². The molecule has 0 saturated heterocycles. The molecule has 7 heteroatoms. The molecule has 5 nitrogen and oxygen atoms in total. The number of halogens is 2. The Morgan fingerprint density at radius 2 is 1.68 bits per heavy atom. The summed E-state index contributed by atoms with van der Waals surface area (Å²) in [4.78, 5) is 4.14. The van der Waals surface area contributed by atoms with Gasteiger partial charge in [0.25, 0.3) is 0 Å². The molecule has 3 rings (SSSR count). The van der Waals surface area contributed by atoms with E-state index in [-0.39, 0.29) is 0 Å². The SMILES string of the molecule is CCOc1cc(CNCCCOc2ccccn2)c(Cl)cc1OCc1ccccc1Cl. The van der Waals surface area contributed by atoms with Crippen molar-refractivity contribution in [2.75, 3.05) is 19.8 Å². The van der Waals surface area contributed by atoms with E-state index >= 15 is 0 Å². The highest BCUT2D eigenvalue weighted by atomic mass is 35.5. The summed E-state index contributed by atoms with van der Waals surface area (Å²) in [5.74, 6) is 1.90. The van der Waals surface area contributed by atoms with Gasteiger partial charge in [-0.15, -0.1) is 0 Å². The molecule has 1 N–H and O–H groups in total. The standard InChI is InChI=1S/C24H26Cl2N2O3/c1-2-29-22-14-19(16-27-11-7-13-30-24-10-5-6-12-28-24)21(26)15-23(22)31-17-18-8-3-4-9-20(18)25/h3-6,8-10,12,14-15,27H,2,7,11,13,16-17H2,1H3. The number of rotatable bonds is 12. The van der Waals surface area contributed by atoms with Crippen LogP contribution in [0.25, 0.3) is 0 Å². The van der Waals surface area contributed by atoms with Crippen molar-refractivity contribution in [2.45, 2.75) is 26.5 Å². The first kappa shape index (κ1) is 23.2. The third kappa shape index (κ3) is 7.31. The molecule has 0 radical (unpaired) electrons. The number of nitrogens with zero attached hydrogens (tertiary/aromatic N) is 1. The third-order valence-electron chi connectivity index (χ3n) is 4.45. The van der Waals surface area contributed by atoms with E-state index in [9.17, 15) is 0 Å². The molecule has 0 aliphatic carbocycles. The molecule has 0 saturated carbocycles. The van der Waals surface area contributed by atoms with Gasteiger partial charge in [0, 0.05) is 40.5 Å². The minimum Gasteiger partial charge on any atom is -0.490 e. The number of nitrogens with one attached hydrogen (secondary N) is 1.